The molecule has 1 fully saturated rings. The van der Waals surface area contributed by atoms with Crippen molar-refractivity contribution in [1.29, 1.82) is 0 Å². The molecule has 6 rings (SSSR count). The number of pyridine rings is 1. The molecule has 1 aromatic carbocycles. The molecule has 0 aliphatic heterocycles. The van der Waals surface area contributed by atoms with E-state index in [0.29, 0.717) is 18.7 Å². The second-order valence-electron chi connectivity index (χ2n) is 9.27. The summed E-state index contributed by atoms with van der Waals surface area (Å²) < 4.78 is 2.04. The van der Waals surface area contributed by atoms with Crippen LogP contribution in [0.4, 0.5) is 5.82 Å². The predicted octanol–water partition coefficient (Wildman–Crippen LogP) is 5.92. The molecule has 0 amide bonds. The summed E-state index contributed by atoms with van der Waals surface area (Å²) in [5, 5.41) is 12.6. The number of aromatic nitrogens is 4. The molecule has 0 radical (unpaired) electrons. The normalized spacial score (nSPS) is 18.3. The van der Waals surface area contributed by atoms with Gasteiger partial charge in [-0.05, 0) is 61.7 Å². The largest absolute Gasteiger partial charge is 0.481 e. The zero-order valence-electron chi connectivity index (χ0n) is 19.3. The van der Waals surface area contributed by atoms with Gasteiger partial charge in [0.05, 0.1) is 22.0 Å². The van der Waals surface area contributed by atoms with Crippen molar-refractivity contribution in [1.82, 2.24) is 19.4 Å². The van der Waals surface area contributed by atoms with Crippen molar-refractivity contribution in [2.45, 2.75) is 38.5 Å². The van der Waals surface area contributed by atoms with E-state index in [-0.39, 0.29) is 11.8 Å². The summed E-state index contributed by atoms with van der Waals surface area (Å²) in [6, 6.07) is 12.5. The number of carboxylic acids is 1. The van der Waals surface area contributed by atoms with E-state index in [9.17, 15) is 9.90 Å². The maximum Gasteiger partial charge on any atom is 0.306 e. The number of imidazole rings is 1. The molecule has 0 atom stereocenters. The number of aliphatic carboxylic acids is 1. The lowest BCUT2D eigenvalue weighted by molar-refractivity contribution is -0.142. The number of thiophene rings is 1. The lowest BCUT2D eigenvalue weighted by atomic mass is 9.81. The first kappa shape index (κ1) is 21.7. The summed E-state index contributed by atoms with van der Waals surface area (Å²) in [4.78, 5) is 26.9. The highest BCUT2D eigenvalue weighted by atomic mass is 32.1. The Bertz CT molecular complexity index is 1570. The Labute approximate surface area is 206 Å². The Balaban J connectivity index is 1.47. The van der Waals surface area contributed by atoms with Crippen molar-refractivity contribution in [3.05, 3.63) is 65.6 Å². The van der Waals surface area contributed by atoms with E-state index >= 15 is 0 Å². The van der Waals surface area contributed by atoms with Crippen LogP contribution in [0, 0.1) is 12.8 Å². The highest BCUT2D eigenvalue weighted by molar-refractivity contribution is 7.13. The third-order valence-electron chi connectivity index (χ3n) is 7.12. The molecule has 35 heavy (non-hydrogen) atoms. The SMILES string of the molecule is Cc1cc(-c2cccs2)nc2cc(-c3nc(C4CCC(C(=O)O)CC4)n4ccnc(N)c34)ccc12. The number of hydrogen-bond donors (Lipinski definition) is 2. The van der Waals surface area contributed by atoms with Gasteiger partial charge in [-0.3, -0.25) is 9.20 Å². The number of fused-ring (bicyclic) bond motifs is 2. The Morgan fingerprint density at radius 2 is 1.97 bits per heavy atom. The lowest BCUT2D eigenvalue weighted by Crippen LogP contribution is -2.21. The molecule has 4 aromatic heterocycles. The van der Waals surface area contributed by atoms with E-state index in [1.165, 1.54) is 5.56 Å². The fraction of sp³-hybridized carbons (Fsp3) is 0.259. The van der Waals surface area contributed by atoms with Crippen molar-refractivity contribution in [3.63, 3.8) is 0 Å². The van der Waals surface area contributed by atoms with Crippen LogP contribution in [-0.2, 0) is 4.79 Å². The number of aryl methyl sites for hydroxylation is 1. The Hall–Kier alpha value is -3.78. The van der Waals surface area contributed by atoms with Crippen LogP contribution in [0.2, 0.25) is 0 Å². The number of nitrogens with two attached hydrogens (primary N) is 1. The molecule has 8 heteroatoms. The highest BCUT2D eigenvalue weighted by Gasteiger charge is 2.30. The van der Waals surface area contributed by atoms with Gasteiger partial charge >= 0.3 is 5.97 Å². The number of carbonyl (C=O) groups is 1. The Morgan fingerprint density at radius 1 is 1.14 bits per heavy atom. The number of anilines is 1. The molecule has 1 aliphatic rings. The molecule has 1 saturated carbocycles. The van der Waals surface area contributed by atoms with Crippen LogP contribution < -0.4 is 5.73 Å². The maximum atomic E-state index is 11.4. The lowest BCUT2D eigenvalue weighted by Gasteiger charge is -2.25. The summed E-state index contributed by atoms with van der Waals surface area (Å²) in [5.41, 5.74) is 11.9. The van der Waals surface area contributed by atoms with Crippen molar-refractivity contribution in [3.8, 4) is 21.8 Å². The molecule has 0 bridgehead atoms. The third-order valence-corrected chi connectivity index (χ3v) is 8.01. The fourth-order valence-electron chi connectivity index (χ4n) is 5.28. The van der Waals surface area contributed by atoms with Gasteiger partial charge in [0.15, 0.2) is 0 Å². The fourth-order valence-corrected chi connectivity index (χ4v) is 5.96. The Kier molecular flexibility index (Phi) is 5.25. The number of rotatable bonds is 4. The van der Waals surface area contributed by atoms with E-state index in [1.807, 2.05) is 16.7 Å². The van der Waals surface area contributed by atoms with Gasteiger partial charge in [-0.25, -0.2) is 15.0 Å². The first-order valence-electron chi connectivity index (χ1n) is 11.8. The van der Waals surface area contributed by atoms with Crippen molar-refractivity contribution in [2.75, 3.05) is 5.73 Å². The summed E-state index contributed by atoms with van der Waals surface area (Å²) in [5.74, 6) is 0.559. The molecule has 176 valence electrons. The van der Waals surface area contributed by atoms with Crippen molar-refractivity contribution in [2.24, 2.45) is 5.92 Å². The number of hydrogen-bond acceptors (Lipinski definition) is 6. The number of nitrogen functional groups attached to an aromatic ring is 1. The standard InChI is InChI=1S/C27H25N5O2S/c1-15-13-21(22-3-2-12-35-22)30-20-14-18(8-9-19(15)20)23-24-25(28)29-10-11-32(24)26(31-23)16-4-6-17(7-5-16)27(33)34/h2-3,8-14,16-17H,4-7H2,1H3,(H2,28,29)(H,33,34). The number of benzene rings is 1. The average molecular weight is 484 g/mol. The van der Waals surface area contributed by atoms with Gasteiger partial charge in [0.1, 0.15) is 22.9 Å². The molecule has 1 aliphatic carbocycles. The van der Waals surface area contributed by atoms with Gasteiger partial charge in [0, 0.05) is 29.3 Å². The van der Waals surface area contributed by atoms with Crippen LogP contribution in [-0.4, -0.2) is 30.4 Å². The molecule has 3 N–H and O–H groups in total. The van der Waals surface area contributed by atoms with Crippen LogP contribution in [0.3, 0.4) is 0 Å². The first-order valence-corrected chi connectivity index (χ1v) is 12.7. The van der Waals surface area contributed by atoms with Gasteiger partial charge in [0.2, 0.25) is 0 Å². The zero-order chi connectivity index (χ0) is 24.1. The zero-order valence-corrected chi connectivity index (χ0v) is 20.1. The van der Waals surface area contributed by atoms with Gasteiger partial charge in [-0.1, -0.05) is 18.2 Å². The smallest absolute Gasteiger partial charge is 0.306 e. The molecular weight excluding hydrogens is 458 g/mol. The van der Waals surface area contributed by atoms with Crippen molar-refractivity contribution < 1.29 is 9.90 Å². The third kappa shape index (κ3) is 3.74. The van der Waals surface area contributed by atoms with E-state index in [0.717, 1.165) is 56.9 Å². The minimum Gasteiger partial charge on any atom is -0.481 e. The van der Waals surface area contributed by atoms with Gasteiger partial charge in [-0.15, -0.1) is 11.3 Å². The summed E-state index contributed by atoms with van der Waals surface area (Å²) in [6.45, 7) is 2.11. The molecule has 0 unspecified atom stereocenters. The van der Waals surface area contributed by atoms with Crippen LogP contribution in [0.15, 0.2) is 54.2 Å². The topological polar surface area (TPSA) is 106 Å². The molecule has 0 saturated heterocycles. The van der Waals surface area contributed by atoms with E-state index in [2.05, 4.69) is 47.6 Å². The monoisotopic (exact) mass is 483 g/mol. The minimum atomic E-state index is -0.702. The van der Waals surface area contributed by atoms with Gasteiger partial charge in [0.25, 0.3) is 0 Å². The van der Waals surface area contributed by atoms with Gasteiger partial charge < -0.3 is 10.8 Å². The van der Waals surface area contributed by atoms with E-state index in [4.69, 9.17) is 15.7 Å². The summed E-state index contributed by atoms with van der Waals surface area (Å²) in [7, 11) is 0. The first-order chi connectivity index (χ1) is 17.0. The molecule has 4 heterocycles. The highest BCUT2D eigenvalue weighted by Crippen LogP contribution is 2.39. The molecule has 7 nitrogen and oxygen atoms in total. The van der Waals surface area contributed by atoms with Crippen LogP contribution >= 0.6 is 11.3 Å². The van der Waals surface area contributed by atoms with E-state index < -0.39 is 5.97 Å². The second kappa shape index (κ2) is 8.46. The molecular formula is C27H25N5O2S. The van der Waals surface area contributed by atoms with E-state index in [1.54, 1.807) is 17.5 Å². The van der Waals surface area contributed by atoms with Crippen LogP contribution in [0.5, 0.6) is 0 Å². The number of nitrogens with zero attached hydrogens (tertiary/aromatic N) is 4. The summed E-state index contributed by atoms with van der Waals surface area (Å²) in [6.07, 6.45) is 6.50. The summed E-state index contributed by atoms with van der Waals surface area (Å²) >= 11 is 1.68. The maximum absolute atomic E-state index is 11.4. The Morgan fingerprint density at radius 3 is 2.71 bits per heavy atom. The molecule has 0 spiro atoms. The van der Waals surface area contributed by atoms with Crippen LogP contribution in [0.25, 0.3) is 38.2 Å². The second-order valence-corrected chi connectivity index (χ2v) is 10.2. The van der Waals surface area contributed by atoms with Gasteiger partial charge in [-0.2, -0.15) is 0 Å². The quantitative estimate of drug-likeness (QED) is 0.328. The van der Waals surface area contributed by atoms with Crippen molar-refractivity contribution >= 4 is 39.5 Å². The minimum absolute atomic E-state index is 0.180. The van der Waals surface area contributed by atoms with Crippen LogP contribution in [0.1, 0.15) is 43.0 Å². The number of carboxylic acid groups (broad SMARTS) is 1. The molecule has 5 aromatic rings. The average Bonchev–Trinajstić information content (AvgIpc) is 3.53. The predicted molar refractivity (Wildman–Crippen MR) is 139 cm³/mol.